The van der Waals surface area contributed by atoms with Crippen molar-refractivity contribution in [1.29, 1.82) is 0 Å². The molecule has 0 aromatic heterocycles. The molecular formula is C18H19FO2. The summed E-state index contributed by atoms with van der Waals surface area (Å²) >= 11 is 0. The lowest BCUT2D eigenvalue weighted by molar-refractivity contribution is -0.136. The van der Waals surface area contributed by atoms with Crippen LogP contribution in [-0.2, 0) is 11.2 Å². The number of carboxylic acid groups (broad SMARTS) is 1. The fourth-order valence-corrected chi connectivity index (χ4v) is 2.68. The first-order valence-electron chi connectivity index (χ1n) is 6.97. The van der Waals surface area contributed by atoms with Crippen LogP contribution in [0.2, 0.25) is 0 Å². The molecule has 0 bridgehead atoms. The minimum atomic E-state index is -0.912. The molecule has 3 heteroatoms. The number of hydrogen-bond acceptors (Lipinski definition) is 1. The van der Waals surface area contributed by atoms with Crippen LogP contribution in [-0.4, -0.2) is 11.1 Å². The molecule has 0 fully saturated rings. The summed E-state index contributed by atoms with van der Waals surface area (Å²) in [5.41, 5.74) is 5.32. The minimum absolute atomic E-state index is 0.0629. The van der Waals surface area contributed by atoms with E-state index in [-0.39, 0.29) is 18.7 Å². The first-order chi connectivity index (χ1) is 9.90. The molecule has 0 saturated heterocycles. The topological polar surface area (TPSA) is 37.3 Å². The Labute approximate surface area is 124 Å². The Kier molecular flexibility index (Phi) is 4.41. The predicted octanol–water partition coefficient (Wildman–Crippen LogP) is 4.44. The lowest BCUT2D eigenvalue weighted by Crippen LogP contribution is -2.02. The quantitative estimate of drug-likeness (QED) is 0.902. The molecule has 0 aliphatic carbocycles. The molecule has 0 saturated carbocycles. The van der Waals surface area contributed by atoms with Crippen LogP contribution in [0, 0.1) is 26.6 Å². The zero-order valence-corrected chi connectivity index (χ0v) is 12.5. The summed E-state index contributed by atoms with van der Waals surface area (Å²) in [4.78, 5) is 10.7. The van der Waals surface area contributed by atoms with E-state index in [1.165, 1.54) is 0 Å². The average Bonchev–Trinajstić information content (AvgIpc) is 2.40. The van der Waals surface area contributed by atoms with E-state index in [1.807, 2.05) is 38.1 Å². The smallest absolute Gasteiger partial charge is 0.303 e. The van der Waals surface area contributed by atoms with Crippen LogP contribution in [0.3, 0.4) is 0 Å². The van der Waals surface area contributed by atoms with Crippen molar-refractivity contribution in [2.24, 2.45) is 0 Å². The van der Waals surface area contributed by atoms with Gasteiger partial charge in [-0.1, -0.05) is 18.2 Å². The molecule has 0 atom stereocenters. The number of carbonyl (C=O) groups is 1. The number of aryl methyl sites for hydroxylation is 4. The Morgan fingerprint density at radius 2 is 1.71 bits per heavy atom. The van der Waals surface area contributed by atoms with Gasteiger partial charge in [0.25, 0.3) is 0 Å². The lowest BCUT2D eigenvalue weighted by atomic mass is 9.92. The fourth-order valence-electron chi connectivity index (χ4n) is 2.68. The summed E-state index contributed by atoms with van der Waals surface area (Å²) in [6, 6.07) is 9.65. The second-order valence-electron chi connectivity index (χ2n) is 5.43. The van der Waals surface area contributed by atoms with E-state index in [1.54, 1.807) is 13.0 Å². The largest absolute Gasteiger partial charge is 0.481 e. The third-order valence-corrected chi connectivity index (χ3v) is 3.71. The highest BCUT2D eigenvalue weighted by Gasteiger charge is 2.13. The van der Waals surface area contributed by atoms with Gasteiger partial charge in [-0.25, -0.2) is 4.39 Å². The van der Waals surface area contributed by atoms with E-state index in [9.17, 15) is 9.18 Å². The van der Waals surface area contributed by atoms with Crippen LogP contribution < -0.4 is 0 Å². The highest BCUT2D eigenvalue weighted by atomic mass is 19.1. The van der Waals surface area contributed by atoms with Gasteiger partial charge in [0.2, 0.25) is 0 Å². The van der Waals surface area contributed by atoms with Crippen molar-refractivity contribution in [2.45, 2.75) is 33.6 Å². The molecule has 2 aromatic carbocycles. The van der Waals surface area contributed by atoms with Crippen LogP contribution in [0.15, 0.2) is 30.3 Å². The number of aliphatic carboxylic acids is 1. The molecule has 2 rings (SSSR count). The van der Waals surface area contributed by atoms with Gasteiger partial charge < -0.3 is 5.11 Å². The zero-order chi connectivity index (χ0) is 15.6. The maximum Gasteiger partial charge on any atom is 0.303 e. The Morgan fingerprint density at radius 1 is 1.10 bits per heavy atom. The maximum absolute atomic E-state index is 14.2. The second-order valence-corrected chi connectivity index (χ2v) is 5.43. The predicted molar refractivity (Wildman–Crippen MR) is 82.0 cm³/mol. The number of benzene rings is 2. The van der Waals surface area contributed by atoms with Gasteiger partial charge in [-0.05, 0) is 72.7 Å². The molecule has 2 aromatic rings. The molecule has 0 radical (unpaired) electrons. The number of halogens is 1. The van der Waals surface area contributed by atoms with Crippen LogP contribution >= 0.6 is 0 Å². The van der Waals surface area contributed by atoms with Crippen molar-refractivity contribution in [3.63, 3.8) is 0 Å². The summed E-state index contributed by atoms with van der Waals surface area (Å²) in [7, 11) is 0. The Morgan fingerprint density at radius 3 is 2.29 bits per heavy atom. The summed E-state index contributed by atoms with van der Waals surface area (Å²) < 4.78 is 14.2. The van der Waals surface area contributed by atoms with Gasteiger partial charge in [-0.2, -0.15) is 0 Å². The molecule has 110 valence electrons. The summed E-state index contributed by atoms with van der Waals surface area (Å²) in [6.45, 7) is 5.77. The van der Waals surface area contributed by atoms with Crippen LogP contribution in [0.5, 0.6) is 0 Å². The molecule has 21 heavy (non-hydrogen) atoms. The number of hydrogen-bond donors (Lipinski definition) is 1. The number of carboxylic acids is 1. The second kappa shape index (κ2) is 6.08. The lowest BCUT2D eigenvalue weighted by Gasteiger charge is -2.14. The van der Waals surface area contributed by atoms with Crippen molar-refractivity contribution in [3.8, 4) is 11.1 Å². The van der Waals surface area contributed by atoms with Crippen LogP contribution in [0.4, 0.5) is 4.39 Å². The van der Waals surface area contributed by atoms with E-state index in [0.29, 0.717) is 11.1 Å². The van der Waals surface area contributed by atoms with Gasteiger partial charge in [0.15, 0.2) is 0 Å². The van der Waals surface area contributed by atoms with E-state index < -0.39 is 5.97 Å². The van der Waals surface area contributed by atoms with Crippen molar-refractivity contribution in [2.75, 3.05) is 0 Å². The van der Waals surface area contributed by atoms with E-state index in [0.717, 1.165) is 22.3 Å². The molecule has 0 amide bonds. The van der Waals surface area contributed by atoms with Gasteiger partial charge in [-0.3, -0.25) is 4.79 Å². The molecule has 0 aliphatic heterocycles. The van der Waals surface area contributed by atoms with E-state index in [4.69, 9.17) is 5.11 Å². The monoisotopic (exact) mass is 286 g/mol. The van der Waals surface area contributed by atoms with Crippen molar-refractivity contribution < 1.29 is 14.3 Å². The van der Waals surface area contributed by atoms with E-state index >= 15 is 0 Å². The van der Waals surface area contributed by atoms with Crippen molar-refractivity contribution >= 4 is 5.97 Å². The van der Waals surface area contributed by atoms with Gasteiger partial charge in [-0.15, -0.1) is 0 Å². The summed E-state index contributed by atoms with van der Waals surface area (Å²) in [6.07, 6.45) is 0.146. The Bertz CT molecular complexity index is 670. The first kappa shape index (κ1) is 15.2. The highest BCUT2D eigenvalue weighted by molar-refractivity contribution is 5.72. The summed E-state index contributed by atoms with van der Waals surface area (Å²) in [5.74, 6) is -1.21. The summed E-state index contributed by atoms with van der Waals surface area (Å²) in [5, 5.41) is 8.79. The Balaban J connectivity index is 2.53. The van der Waals surface area contributed by atoms with E-state index in [2.05, 4.69) is 0 Å². The third-order valence-electron chi connectivity index (χ3n) is 3.71. The third kappa shape index (κ3) is 3.30. The van der Waals surface area contributed by atoms with Gasteiger partial charge >= 0.3 is 5.97 Å². The molecule has 1 N–H and O–H groups in total. The molecule has 0 aliphatic rings. The zero-order valence-electron chi connectivity index (χ0n) is 12.5. The number of rotatable bonds is 4. The minimum Gasteiger partial charge on any atom is -0.481 e. The van der Waals surface area contributed by atoms with Crippen molar-refractivity contribution in [3.05, 3.63) is 58.4 Å². The molecule has 0 heterocycles. The fraction of sp³-hybridized carbons (Fsp3) is 0.278. The van der Waals surface area contributed by atoms with Crippen molar-refractivity contribution in [1.82, 2.24) is 0 Å². The molecular weight excluding hydrogens is 267 g/mol. The van der Waals surface area contributed by atoms with Gasteiger partial charge in [0, 0.05) is 6.42 Å². The SMILES string of the molecule is Cc1cc(-c2c(C)cccc2C)cc(CCC(=O)O)c1F. The normalized spacial score (nSPS) is 10.7. The highest BCUT2D eigenvalue weighted by Crippen LogP contribution is 2.30. The molecule has 2 nitrogen and oxygen atoms in total. The molecule has 0 spiro atoms. The maximum atomic E-state index is 14.2. The Hall–Kier alpha value is -2.16. The van der Waals surface area contributed by atoms with Gasteiger partial charge in [0.05, 0.1) is 0 Å². The van der Waals surface area contributed by atoms with Crippen LogP contribution in [0.25, 0.3) is 11.1 Å². The standard InChI is InChI=1S/C18H19FO2/c1-11-5-4-6-12(2)17(11)15-9-13(3)18(19)14(10-15)7-8-16(20)21/h4-6,9-10H,7-8H2,1-3H3,(H,20,21). The van der Waals surface area contributed by atoms with Gasteiger partial charge in [0.1, 0.15) is 5.82 Å². The molecule has 0 unspecified atom stereocenters. The van der Waals surface area contributed by atoms with Crippen LogP contribution in [0.1, 0.15) is 28.7 Å². The first-order valence-corrected chi connectivity index (χ1v) is 6.97. The average molecular weight is 286 g/mol.